The van der Waals surface area contributed by atoms with Crippen molar-refractivity contribution in [1.82, 2.24) is 20.5 Å². The number of aromatic nitrogens is 1. The van der Waals surface area contributed by atoms with Gasteiger partial charge in [0.1, 0.15) is 0 Å². The normalized spacial score (nSPS) is 20.3. The summed E-state index contributed by atoms with van der Waals surface area (Å²) in [5.41, 5.74) is 2.38. The lowest BCUT2D eigenvalue weighted by molar-refractivity contribution is 0.134. The molecule has 2 heterocycles. The number of piperidine rings is 1. The monoisotopic (exact) mass is 493 g/mol. The Labute approximate surface area is 186 Å². The molecule has 2 atom stereocenters. The van der Waals surface area contributed by atoms with Crippen molar-refractivity contribution < 1.29 is 0 Å². The molecule has 2 N–H and O–H groups in total. The average molecular weight is 493 g/mol. The molecule has 28 heavy (non-hydrogen) atoms. The number of hydrogen-bond donors (Lipinski definition) is 2. The van der Waals surface area contributed by atoms with Gasteiger partial charge >= 0.3 is 0 Å². The van der Waals surface area contributed by atoms with Crippen molar-refractivity contribution in [3.8, 4) is 0 Å². The van der Waals surface area contributed by atoms with E-state index in [2.05, 4.69) is 64.7 Å². The second-order valence-corrected chi connectivity index (χ2v) is 7.19. The first-order valence-corrected chi connectivity index (χ1v) is 9.97. The molecule has 1 aromatic heterocycles. The van der Waals surface area contributed by atoms with E-state index in [0.29, 0.717) is 18.6 Å². The quantitative estimate of drug-likeness (QED) is 0.365. The average Bonchev–Trinajstić information content (AvgIpc) is 2.70. The Morgan fingerprint density at radius 2 is 1.96 bits per heavy atom. The molecule has 0 radical (unpaired) electrons. The lowest BCUT2D eigenvalue weighted by Gasteiger charge is -2.38. The summed E-state index contributed by atoms with van der Waals surface area (Å²) in [6.07, 6.45) is 4.07. The van der Waals surface area contributed by atoms with Crippen molar-refractivity contribution in [1.29, 1.82) is 0 Å². The van der Waals surface area contributed by atoms with Crippen LogP contribution in [0.1, 0.15) is 37.9 Å². The molecule has 2 aromatic rings. The fraction of sp³-hybridized carbons (Fsp3) is 0.455. The van der Waals surface area contributed by atoms with E-state index in [0.717, 1.165) is 44.1 Å². The third-order valence-corrected chi connectivity index (χ3v) is 5.05. The Morgan fingerprint density at radius 1 is 1.18 bits per heavy atom. The van der Waals surface area contributed by atoms with Gasteiger partial charge in [-0.1, -0.05) is 36.4 Å². The van der Waals surface area contributed by atoms with Crippen LogP contribution in [0, 0.1) is 0 Å². The number of pyridine rings is 1. The van der Waals surface area contributed by atoms with Gasteiger partial charge < -0.3 is 10.6 Å². The first kappa shape index (κ1) is 22.6. The maximum Gasteiger partial charge on any atom is 0.191 e. The molecule has 5 nitrogen and oxygen atoms in total. The first-order chi connectivity index (χ1) is 13.2. The Hall–Kier alpha value is -1.67. The molecule has 1 aliphatic heterocycles. The molecule has 1 fully saturated rings. The molecule has 0 spiro atoms. The summed E-state index contributed by atoms with van der Waals surface area (Å²) in [5.74, 6) is 0.886. The van der Waals surface area contributed by atoms with E-state index in [1.165, 1.54) is 5.56 Å². The van der Waals surface area contributed by atoms with Gasteiger partial charge in [-0.3, -0.25) is 9.88 Å². The Kier molecular flexibility index (Phi) is 9.70. The number of likely N-dealkylation sites (tertiary alicyclic amines) is 1. The van der Waals surface area contributed by atoms with Crippen LogP contribution in [-0.2, 0) is 13.1 Å². The van der Waals surface area contributed by atoms with Crippen LogP contribution >= 0.6 is 24.0 Å². The minimum atomic E-state index is 0. The van der Waals surface area contributed by atoms with Gasteiger partial charge in [-0.05, 0) is 44.4 Å². The second kappa shape index (κ2) is 12.0. The van der Waals surface area contributed by atoms with Crippen molar-refractivity contribution in [2.75, 3.05) is 13.1 Å². The van der Waals surface area contributed by atoms with E-state index < -0.39 is 0 Å². The maximum atomic E-state index is 4.71. The van der Waals surface area contributed by atoms with Crippen LogP contribution in [0.5, 0.6) is 0 Å². The standard InChI is InChI=1S/C22H31N5.HI/c1-3-23-22(25-16-21-11-7-8-13-24-21)26-20-12-14-27(18(2)15-20)17-19-9-5-4-6-10-19;/h4-11,13,18,20H,3,12,14-17H2,1-2H3,(H2,23,25,26);1H. The number of nitrogens with zero attached hydrogens (tertiary/aromatic N) is 3. The topological polar surface area (TPSA) is 52.6 Å². The zero-order valence-corrected chi connectivity index (χ0v) is 19.2. The van der Waals surface area contributed by atoms with Crippen molar-refractivity contribution in [2.24, 2.45) is 4.99 Å². The predicted octanol–water partition coefficient (Wildman–Crippen LogP) is 3.81. The van der Waals surface area contributed by atoms with E-state index in [1.54, 1.807) is 0 Å². The fourth-order valence-electron chi connectivity index (χ4n) is 3.57. The van der Waals surface area contributed by atoms with E-state index >= 15 is 0 Å². The molecular formula is C22H32IN5. The summed E-state index contributed by atoms with van der Waals surface area (Å²) < 4.78 is 0. The van der Waals surface area contributed by atoms with Crippen molar-refractivity contribution >= 4 is 29.9 Å². The van der Waals surface area contributed by atoms with Crippen LogP contribution in [-0.4, -0.2) is 41.0 Å². The Bertz CT molecular complexity index is 707. The Balaban J connectivity index is 0.00000280. The summed E-state index contributed by atoms with van der Waals surface area (Å²) in [4.78, 5) is 11.6. The summed E-state index contributed by atoms with van der Waals surface area (Å²) >= 11 is 0. The van der Waals surface area contributed by atoms with E-state index in [4.69, 9.17) is 4.99 Å². The zero-order valence-electron chi connectivity index (χ0n) is 16.8. The van der Waals surface area contributed by atoms with Gasteiger partial charge in [-0.15, -0.1) is 24.0 Å². The van der Waals surface area contributed by atoms with Crippen LogP contribution in [0.2, 0.25) is 0 Å². The predicted molar refractivity (Wildman–Crippen MR) is 127 cm³/mol. The summed E-state index contributed by atoms with van der Waals surface area (Å²) in [6.45, 7) is 8.02. The van der Waals surface area contributed by atoms with Gasteiger partial charge in [0.25, 0.3) is 0 Å². The largest absolute Gasteiger partial charge is 0.357 e. The third kappa shape index (κ3) is 7.05. The van der Waals surface area contributed by atoms with Gasteiger partial charge in [-0.25, -0.2) is 4.99 Å². The summed E-state index contributed by atoms with van der Waals surface area (Å²) in [5, 5.41) is 6.99. The number of nitrogens with one attached hydrogen (secondary N) is 2. The van der Waals surface area contributed by atoms with Crippen LogP contribution < -0.4 is 10.6 Å². The smallest absolute Gasteiger partial charge is 0.191 e. The highest BCUT2D eigenvalue weighted by Crippen LogP contribution is 2.20. The van der Waals surface area contributed by atoms with E-state index in [-0.39, 0.29) is 24.0 Å². The van der Waals surface area contributed by atoms with Gasteiger partial charge in [0.05, 0.1) is 12.2 Å². The SMILES string of the molecule is CCNC(=NCc1ccccn1)NC1CCN(Cc2ccccc2)C(C)C1.I. The van der Waals surface area contributed by atoms with Crippen LogP contribution in [0.3, 0.4) is 0 Å². The minimum Gasteiger partial charge on any atom is -0.357 e. The van der Waals surface area contributed by atoms with Gasteiger partial charge in [0.2, 0.25) is 0 Å². The van der Waals surface area contributed by atoms with E-state index in [1.807, 2.05) is 24.4 Å². The van der Waals surface area contributed by atoms with Crippen LogP contribution in [0.4, 0.5) is 0 Å². The molecule has 1 saturated heterocycles. The number of rotatable bonds is 6. The number of hydrogen-bond acceptors (Lipinski definition) is 3. The molecule has 1 aromatic carbocycles. The molecule has 0 aliphatic carbocycles. The molecule has 1 aliphatic rings. The number of aliphatic imine (C=N–C) groups is 1. The molecular weight excluding hydrogens is 461 g/mol. The van der Waals surface area contributed by atoms with Crippen molar-refractivity contribution in [3.63, 3.8) is 0 Å². The molecule has 3 rings (SSSR count). The Morgan fingerprint density at radius 3 is 2.64 bits per heavy atom. The fourth-order valence-corrected chi connectivity index (χ4v) is 3.57. The summed E-state index contributed by atoms with van der Waals surface area (Å²) in [6, 6.07) is 17.7. The van der Waals surface area contributed by atoms with Gasteiger partial charge in [0, 0.05) is 37.9 Å². The second-order valence-electron chi connectivity index (χ2n) is 7.19. The van der Waals surface area contributed by atoms with Gasteiger partial charge in [0.15, 0.2) is 5.96 Å². The highest BCUT2D eigenvalue weighted by molar-refractivity contribution is 14.0. The molecule has 6 heteroatoms. The highest BCUT2D eigenvalue weighted by Gasteiger charge is 2.25. The number of guanidine groups is 1. The van der Waals surface area contributed by atoms with Crippen molar-refractivity contribution in [3.05, 3.63) is 66.0 Å². The minimum absolute atomic E-state index is 0. The van der Waals surface area contributed by atoms with E-state index in [9.17, 15) is 0 Å². The number of halogens is 1. The highest BCUT2D eigenvalue weighted by atomic mass is 127. The number of benzene rings is 1. The lowest BCUT2D eigenvalue weighted by Crippen LogP contribution is -2.51. The summed E-state index contributed by atoms with van der Waals surface area (Å²) in [7, 11) is 0. The lowest BCUT2D eigenvalue weighted by atomic mass is 9.97. The molecule has 2 unspecified atom stereocenters. The molecule has 0 bridgehead atoms. The van der Waals surface area contributed by atoms with Gasteiger partial charge in [-0.2, -0.15) is 0 Å². The van der Waals surface area contributed by atoms with Crippen molar-refractivity contribution in [2.45, 2.75) is 51.9 Å². The van der Waals surface area contributed by atoms with Crippen LogP contribution in [0.25, 0.3) is 0 Å². The first-order valence-electron chi connectivity index (χ1n) is 9.97. The molecule has 0 amide bonds. The van der Waals surface area contributed by atoms with Crippen LogP contribution in [0.15, 0.2) is 59.7 Å². The zero-order chi connectivity index (χ0) is 18.9. The maximum absolute atomic E-state index is 4.71. The third-order valence-electron chi connectivity index (χ3n) is 5.05. The molecule has 152 valence electrons. The molecule has 0 saturated carbocycles.